The first kappa shape index (κ1) is 14.9. The van der Waals surface area contributed by atoms with E-state index >= 15 is 0 Å². The molecule has 106 valence electrons. The van der Waals surface area contributed by atoms with Crippen LogP contribution in [0.1, 0.15) is 20.3 Å². The Morgan fingerprint density at radius 1 is 1.20 bits per heavy atom. The van der Waals surface area contributed by atoms with Crippen molar-refractivity contribution in [1.82, 2.24) is 9.97 Å². The molecule has 0 aliphatic carbocycles. The molecule has 1 aromatic carbocycles. The van der Waals surface area contributed by atoms with E-state index < -0.39 is 0 Å². The topological polar surface area (TPSA) is 37.8 Å². The summed E-state index contributed by atoms with van der Waals surface area (Å²) in [7, 11) is 1.89. The van der Waals surface area contributed by atoms with Gasteiger partial charge in [-0.05, 0) is 5.92 Å². The first-order valence-electron chi connectivity index (χ1n) is 6.98. The Balaban J connectivity index is 2.25. The van der Waals surface area contributed by atoms with Gasteiger partial charge in [0.25, 0.3) is 0 Å². The van der Waals surface area contributed by atoms with E-state index in [1.165, 1.54) is 6.42 Å². The van der Waals surface area contributed by atoms with Crippen molar-refractivity contribution in [1.29, 1.82) is 0 Å². The number of hydrogen-bond acceptors (Lipinski definition) is 4. The molecule has 1 unspecified atom stereocenters. The summed E-state index contributed by atoms with van der Waals surface area (Å²) in [6, 6.07) is 12.1. The van der Waals surface area contributed by atoms with E-state index in [0.717, 1.165) is 28.0 Å². The summed E-state index contributed by atoms with van der Waals surface area (Å²) in [5.74, 6) is 3.44. The van der Waals surface area contributed by atoms with Gasteiger partial charge in [-0.25, -0.2) is 9.97 Å². The maximum atomic E-state index is 4.67. The number of aromatic nitrogens is 2. The van der Waals surface area contributed by atoms with Crippen molar-refractivity contribution in [3.8, 4) is 11.4 Å². The number of nitrogens with one attached hydrogen (secondary N) is 1. The van der Waals surface area contributed by atoms with Crippen molar-refractivity contribution in [3.63, 3.8) is 0 Å². The van der Waals surface area contributed by atoms with Crippen LogP contribution in [0.3, 0.4) is 0 Å². The van der Waals surface area contributed by atoms with Crippen LogP contribution in [-0.4, -0.2) is 22.8 Å². The zero-order chi connectivity index (χ0) is 14.4. The van der Waals surface area contributed by atoms with Gasteiger partial charge in [0.1, 0.15) is 10.8 Å². The highest BCUT2D eigenvalue weighted by molar-refractivity contribution is 7.99. The maximum Gasteiger partial charge on any atom is 0.162 e. The molecule has 0 aliphatic rings. The van der Waals surface area contributed by atoms with Gasteiger partial charge in [0.2, 0.25) is 0 Å². The summed E-state index contributed by atoms with van der Waals surface area (Å²) in [4.78, 5) is 9.20. The normalized spacial score (nSPS) is 12.2. The second-order valence-electron chi connectivity index (χ2n) is 4.86. The SMILES string of the molecule is CCC(C)CSc1cc(NC)nc(-c2ccccc2)n1. The third-order valence-electron chi connectivity index (χ3n) is 3.20. The summed E-state index contributed by atoms with van der Waals surface area (Å²) in [5.41, 5.74) is 1.05. The van der Waals surface area contributed by atoms with Gasteiger partial charge in [-0.15, -0.1) is 11.8 Å². The third kappa shape index (κ3) is 3.97. The van der Waals surface area contributed by atoms with Crippen LogP contribution in [-0.2, 0) is 0 Å². The summed E-state index contributed by atoms with van der Waals surface area (Å²) in [6.45, 7) is 4.49. The second kappa shape index (κ2) is 7.29. The van der Waals surface area contributed by atoms with Crippen LogP contribution >= 0.6 is 11.8 Å². The Kier molecular flexibility index (Phi) is 5.41. The van der Waals surface area contributed by atoms with Gasteiger partial charge in [-0.3, -0.25) is 0 Å². The molecule has 4 heteroatoms. The van der Waals surface area contributed by atoms with Crippen LogP contribution in [0.25, 0.3) is 11.4 Å². The van der Waals surface area contributed by atoms with E-state index in [2.05, 4.69) is 29.1 Å². The second-order valence-corrected chi connectivity index (χ2v) is 5.90. The molecule has 1 atom stereocenters. The average Bonchev–Trinajstić information content (AvgIpc) is 2.53. The molecule has 0 spiro atoms. The van der Waals surface area contributed by atoms with Gasteiger partial charge in [-0.2, -0.15) is 0 Å². The molecule has 0 saturated heterocycles. The van der Waals surface area contributed by atoms with Crippen molar-refractivity contribution < 1.29 is 0 Å². The molecule has 2 aromatic rings. The molecular weight excluding hydrogens is 266 g/mol. The highest BCUT2D eigenvalue weighted by atomic mass is 32.2. The molecule has 0 saturated carbocycles. The molecule has 0 fully saturated rings. The van der Waals surface area contributed by atoms with Gasteiger partial charge in [0.15, 0.2) is 5.82 Å². The molecule has 0 radical (unpaired) electrons. The molecule has 2 rings (SSSR count). The third-order valence-corrected chi connectivity index (χ3v) is 4.44. The summed E-state index contributed by atoms with van der Waals surface area (Å²) in [5, 5.41) is 4.15. The number of nitrogens with zero attached hydrogens (tertiary/aromatic N) is 2. The number of thioether (sulfide) groups is 1. The summed E-state index contributed by atoms with van der Waals surface area (Å²) >= 11 is 1.80. The Labute approximate surface area is 125 Å². The fourth-order valence-corrected chi connectivity index (χ4v) is 2.73. The minimum absolute atomic E-state index is 0.702. The molecule has 1 aromatic heterocycles. The highest BCUT2D eigenvalue weighted by Crippen LogP contribution is 2.25. The van der Waals surface area contributed by atoms with Crippen LogP contribution in [0.15, 0.2) is 41.4 Å². The summed E-state index contributed by atoms with van der Waals surface area (Å²) in [6.07, 6.45) is 1.20. The zero-order valence-corrected chi connectivity index (χ0v) is 13.1. The Morgan fingerprint density at radius 2 is 1.95 bits per heavy atom. The molecule has 0 bridgehead atoms. The Bertz CT molecular complexity index is 543. The van der Waals surface area contributed by atoms with Gasteiger partial charge in [0, 0.05) is 24.4 Å². The summed E-state index contributed by atoms with van der Waals surface area (Å²) < 4.78 is 0. The Hall–Kier alpha value is -1.55. The van der Waals surface area contributed by atoms with E-state index in [4.69, 9.17) is 0 Å². The van der Waals surface area contributed by atoms with Crippen LogP contribution in [0.2, 0.25) is 0 Å². The van der Waals surface area contributed by atoms with Gasteiger partial charge < -0.3 is 5.32 Å². The van der Waals surface area contributed by atoms with E-state index in [1.54, 1.807) is 11.8 Å². The van der Waals surface area contributed by atoms with E-state index in [-0.39, 0.29) is 0 Å². The fraction of sp³-hybridized carbons (Fsp3) is 0.375. The lowest BCUT2D eigenvalue weighted by molar-refractivity contribution is 0.636. The van der Waals surface area contributed by atoms with E-state index in [1.807, 2.05) is 43.4 Å². The predicted molar refractivity (Wildman–Crippen MR) is 87.2 cm³/mol. The van der Waals surface area contributed by atoms with E-state index in [9.17, 15) is 0 Å². The number of hydrogen-bond donors (Lipinski definition) is 1. The standard InChI is InChI=1S/C16H21N3S/c1-4-12(2)11-20-15-10-14(17-3)18-16(19-15)13-8-6-5-7-9-13/h5-10,12H,4,11H2,1-3H3,(H,17,18,19). The van der Waals surface area contributed by atoms with Crippen LogP contribution in [0.5, 0.6) is 0 Å². The molecule has 1 heterocycles. The molecular formula is C16H21N3S. The average molecular weight is 287 g/mol. The lowest BCUT2D eigenvalue weighted by Crippen LogP contribution is -2.00. The molecule has 3 nitrogen and oxygen atoms in total. The number of anilines is 1. The molecule has 0 amide bonds. The van der Waals surface area contributed by atoms with Crippen LogP contribution < -0.4 is 5.32 Å². The maximum absolute atomic E-state index is 4.67. The first-order chi connectivity index (χ1) is 9.72. The van der Waals surface area contributed by atoms with E-state index in [0.29, 0.717) is 5.92 Å². The lowest BCUT2D eigenvalue weighted by Gasteiger charge is -2.10. The van der Waals surface area contributed by atoms with Crippen molar-refractivity contribution in [2.45, 2.75) is 25.3 Å². The number of benzene rings is 1. The number of rotatable bonds is 6. The van der Waals surface area contributed by atoms with Gasteiger partial charge in [0.05, 0.1) is 0 Å². The fourth-order valence-electron chi connectivity index (χ4n) is 1.69. The van der Waals surface area contributed by atoms with Crippen molar-refractivity contribution in [2.75, 3.05) is 18.1 Å². The molecule has 0 aliphatic heterocycles. The predicted octanol–water partition coefficient (Wildman–Crippen LogP) is 4.32. The van der Waals surface area contributed by atoms with Crippen molar-refractivity contribution in [3.05, 3.63) is 36.4 Å². The van der Waals surface area contributed by atoms with Crippen LogP contribution in [0.4, 0.5) is 5.82 Å². The monoisotopic (exact) mass is 287 g/mol. The lowest BCUT2D eigenvalue weighted by atomic mass is 10.2. The van der Waals surface area contributed by atoms with Crippen LogP contribution in [0, 0.1) is 5.92 Å². The first-order valence-corrected chi connectivity index (χ1v) is 7.96. The largest absolute Gasteiger partial charge is 0.373 e. The molecule has 20 heavy (non-hydrogen) atoms. The van der Waals surface area contributed by atoms with Crippen molar-refractivity contribution >= 4 is 17.6 Å². The quantitative estimate of drug-likeness (QED) is 0.634. The minimum Gasteiger partial charge on any atom is -0.373 e. The highest BCUT2D eigenvalue weighted by Gasteiger charge is 2.08. The Morgan fingerprint density at radius 3 is 2.60 bits per heavy atom. The minimum atomic E-state index is 0.702. The smallest absolute Gasteiger partial charge is 0.162 e. The molecule has 1 N–H and O–H groups in total. The van der Waals surface area contributed by atoms with Gasteiger partial charge in [-0.1, -0.05) is 50.6 Å². The zero-order valence-electron chi connectivity index (χ0n) is 12.3. The van der Waals surface area contributed by atoms with Crippen molar-refractivity contribution in [2.24, 2.45) is 5.92 Å². The van der Waals surface area contributed by atoms with Gasteiger partial charge >= 0.3 is 0 Å².